The maximum Gasteiger partial charge on any atom is 0.267 e. The van der Waals surface area contributed by atoms with Gasteiger partial charge in [-0.15, -0.1) is 5.10 Å². The highest BCUT2D eigenvalue weighted by atomic mass is 32.1. The number of hydrogen-bond acceptors (Lipinski definition) is 5. The van der Waals surface area contributed by atoms with E-state index in [1.165, 1.54) is 24.4 Å². The van der Waals surface area contributed by atoms with Gasteiger partial charge in [0.25, 0.3) is 5.91 Å². The van der Waals surface area contributed by atoms with Crippen LogP contribution in [0.2, 0.25) is 0 Å². The van der Waals surface area contributed by atoms with Crippen molar-refractivity contribution in [3.05, 3.63) is 10.6 Å². The second-order valence-electron chi connectivity index (χ2n) is 6.00. The molecular weight excluding hydrogens is 300 g/mol. The number of aryl methyl sites for hydroxylation is 1. The van der Waals surface area contributed by atoms with E-state index < -0.39 is 0 Å². The summed E-state index contributed by atoms with van der Waals surface area (Å²) in [5.41, 5.74) is 0.777. The normalized spacial score (nSPS) is 19.7. The maximum absolute atomic E-state index is 12.5. The molecule has 0 radical (unpaired) electrons. The van der Waals surface area contributed by atoms with Crippen molar-refractivity contribution in [2.75, 3.05) is 26.2 Å². The van der Waals surface area contributed by atoms with Crippen LogP contribution in [0.1, 0.15) is 48.0 Å². The Kier molecular flexibility index (Phi) is 4.71. The summed E-state index contributed by atoms with van der Waals surface area (Å²) < 4.78 is 3.88. The van der Waals surface area contributed by atoms with Crippen LogP contribution in [0.4, 0.5) is 0 Å². The highest BCUT2D eigenvalue weighted by molar-refractivity contribution is 7.08. The SMILES string of the molecule is CCc1nnsc1C(=O)N1CCN(C(=O)C2CCCC2)CC1. The zero-order valence-corrected chi connectivity index (χ0v) is 13.8. The van der Waals surface area contributed by atoms with Crippen LogP contribution in [0.5, 0.6) is 0 Å². The summed E-state index contributed by atoms with van der Waals surface area (Å²) >= 11 is 1.17. The van der Waals surface area contributed by atoms with Gasteiger partial charge >= 0.3 is 0 Å². The summed E-state index contributed by atoms with van der Waals surface area (Å²) in [4.78, 5) is 29.3. The van der Waals surface area contributed by atoms with E-state index >= 15 is 0 Å². The third-order valence-corrected chi connectivity index (χ3v) is 5.42. The Morgan fingerprint density at radius 2 is 1.77 bits per heavy atom. The van der Waals surface area contributed by atoms with E-state index in [0.717, 1.165) is 25.0 Å². The van der Waals surface area contributed by atoms with Gasteiger partial charge in [0.1, 0.15) is 4.88 Å². The van der Waals surface area contributed by atoms with Gasteiger partial charge in [-0.1, -0.05) is 24.3 Å². The average Bonchev–Trinajstić information content (AvgIpc) is 3.24. The fourth-order valence-electron chi connectivity index (χ4n) is 3.31. The summed E-state index contributed by atoms with van der Waals surface area (Å²) in [6.07, 6.45) is 5.13. The molecule has 1 aliphatic carbocycles. The van der Waals surface area contributed by atoms with Crippen LogP contribution in [0, 0.1) is 5.92 Å². The minimum Gasteiger partial charge on any atom is -0.339 e. The molecule has 3 rings (SSSR count). The standard InChI is InChI=1S/C15H22N4O2S/c1-2-12-13(22-17-16-12)15(21)19-9-7-18(8-10-19)14(20)11-5-3-4-6-11/h11H,2-10H2,1H3. The monoisotopic (exact) mass is 322 g/mol. The van der Waals surface area contributed by atoms with E-state index in [0.29, 0.717) is 37.0 Å². The van der Waals surface area contributed by atoms with Crippen LogP contribution in [0.3, 0.4) is 0 Å². The average molecular weight is 322 g/mol. The molecule has 1 saturated carbocycles. The molecule has 0 spiro atoms. The van der Waals surface area contributed by atoms with Gasteiger partial charge in [-0.3, -0.25) is 9.59 Å². The molecule has 120 valence electrons. The first-order chi connectivity index (χ1) is 10.7. The van der Waals surface area contributed by atoms with E-state index in [2.05, 4.69) is 9.59 Å². The Balaban J connectivity index is 1.57. The van der Waals surface area contributed by atoms with Crippen LogP contribution >= 0.6 is 11.5 Å². The largest absolute Gasteiger partial charge is 0.339 e. The molecule has 1 aromatic heterocycles. The van der Waals surface area contributed by atoms with Crippen molar-refractivity contribution in [1.29, 1.82) is 0 Å². The van der Waals surface area contributed by atoms with Crippen LogP contribution in [-0.4, -0.2) is 57.4 Å². The fourth-order valence-corrected chi connectivity index (χ4v) is 4.03. The molecule has 6 nitrogen and oxygen atoms in total. The molecule has 1 saturated heterocycles. The lowest BCUT2D eigenvalue weighted by Crippen LogP contribution is -2.51. The molecule has 1 aromatic rings. The minimum atomic E-state index is 0.0137. The van der Waals surface area contributed by atoms with Gasteiger partial charge in [0.05, 0.1) is 5.69 Å². The van der Waals surface area contributed by atoms with Crippen molar-refractivity contribution >= 4 is 23.3 Å². The Morgan fingerprint density at radius 1 is 1.14 bits per heavy atom. The summed E-state index contributed by atoms with van der Waals surface area (Å²) in [5, 5.41) is 4.00. The Bertz CT molecular complexity index is 545. The minimum absolute atomic E-state index is 0.0137. The topological polar surface area (TPSA) is 66.4 Å². The number of piperazine rings is 1. The molecule has 22 heavy (non-hydrogen) atoms. The van der Waals surface area contributed by atoms with Gasteiger partial charge in [0.2, 0.25) is 5.91 Å². The Morgan fingerprint density at radius 3 is 2.41 bits per heavy atom. The van der Waals surface area contributed by atoms with Crippen molar-refractivity contribution in [1.82, 2.24) is 19.4 Å². The number of rotatable bonds is 3. The summed E-state index contributed by atoms with van der Waals surface area (Å²) in [6, 6.07) is 0. The molecule has 0 unspecified atom stereocenters. The third kappa shape index (κ3) is 2.99. The molecule has 1 aliphatic heterocycles. The molecule has 2 aliphatic rings. The number of amides is 2. The molecule has 2 fully saturated rings. The van der Waals surface area contributed by atoms with E-state index in [1.54, 1.807) is 0 Å². The summed E-state index contributed by atoms with van der Waals surface area (Å²) in [5.74, 6) is 0.526. The predicted molar refractivity (Wildman–Crippen MR) is 83.7 cm³/mol. The zero-order valence-electron chi connectivity index (χ0n) is 13.0. The highest BCUT2D eigenvalue weighted by Gasteiger charge is 2.31. The van der Waals surface area contributed by atoms with Gasteiger partial charge in [0, 0.05) is 32.1 Å². The predicted octanol–water partition coefficient (Wildman–Crippen LogP) is 1.58. The first-order valence-corrected chi connectivity index (χ1v) is 8.87. The molecule has 0 bridgehead atoms. The number of aromatic nitrogens is 2. The maximum atomic E-state index is 12.5. The molecule has 7 heteroatoms. The number of carbonyl (C=O) groups excluding carboxylic acids is 2. The zero-order chi connectivity index (χ0) is 15.5. The second kappa shape index (κ2) is 6.73. The smallest absolute Gasteiger partial charge is 0.267 e. The number of nitrogens with zero attached hydrogens (tertiary/aromatic N) is 4. The molecule has 0 atom stereocenters. The van der Waals surface area contributed by atoms with Crippen LogP contribution < -0.4 is 0 Å². The lowest BCUT2D eigenvalue weighted by Gasteiger charge is -2.35. The molecule has 0 aromatic carbocycles. The molecule has 0 N–H and O–H groups in total. The van der Waals surface area contributed by atoms with Gasteiger partial charge in [-0.25, -0.2) is 0 Å². The summed E-state index contributed by atoms with van der Waals surface area (Å²) in [6.45, 7) is 4.49. The number of carbonyl (C=O) groups is 2. The van der Waals surface area contributed by atoms with Gasteiger partial charge in [-0.2, -0.15) is 0 Å². The Hall–Kier alpha value is -1.50. The van der Waals surface area contributed by atoms with Gasteiger partial charge in [-0.05, 0) is 30.8 Å². The van der Waals surface area contributed by atoms with Crippen molar-refractivity contribution in [3.8, 4) is 0 Å². The van der Waals surface area contributed by atoms with Crippen LogP contribution in [-0.2, 0) is 11.2 Å². The van der Waals surface area contributed by atoms with Crippen LogP contribution in [0.25, 0.3) is 0 Å². The lowest BCUT2D eigenvalue weighted by atomic mass is 10.1. The van der Waals surface area contributed by atoms with Crippen molar-refractivity contribution < 1.29 is 9.59 Å². The van der Waals surface area contributed by atoms with Crippen LogP contribution in [0.15, 0.2) is 0 Å². The summed E-state index contributed by atoms with van der Waals surface area (Å²) in [7, 11) is 0. The van der Waals surface area contributed by atoms with Crippen molar-refractivity contribution in [2.45, 2.75) is 39.0 Å². The lowest BCUT2D eigenvalue weighted by molar-refractivity contribution is -0.136. The first kappa shape index (κ1) is 15.4. The van der Waals surface area contributed by atoms with E-state index in [1.807, 2.05) is 16.7 Å². The quantitative estimate of drug-likeness (QED) is 0.847. The second-order valence-corrected chi connectivity index (χ2v) is 6.76. The Labute approximate surface area is 134 Å². The molecule has 2 amide bonds. The fraction of sp³-hybridized carbons (Fsp3) is 0.733. The number of hydrogen-bond donors (Lipinski definition) is 0. The van der Waals surface area contributed by atoms with Gasteiger partial charge < -0.3 is 9.80 Å². The van der Waals surface area contributed by atoms with Gasteiger partial charge in [0.15, 0.2) is 0 Å². The van der Waals surface area contributed by atoms with E-state index in [9.17, 15) is 9.59 Å². The third-order valence-electron chi connectivity index (χ3n) is 4.67. The highest BCUT2D eigenvalue weighted by Crippen LogP contribution is 2.27. The molecular formula is C15H22N4O2S. The van der Waals surface area contributed by atoms with Crippen molar-refractivity contribution in [3.63, 3.8) is 0 Å². The van der Waals surface area contributed by atoms with E-state index in [-0.39, 0.29) is 11.8 Å². The molecule has 2 heterocycles. The first-order valence-electron chi connectivity index (χ1n) is 8.10. The van der Waals surface area contributed by atoms with Crippen molar-refractivity contribution in [2.24, 2.45) is 5.92 Å². The van der Waals surface area contributed by atoms with E-state index in [4.69, 9.17) is 0 Å².